The van der Waals surface area contributed by atoms with Crippen molar-refractivity contribution in [1.29, 1.82) is 0 Å². The first-order chi connectivity index (χ1) is 33.4. The molecule has 0 aliphatic heterocycles. The molecule has 0 N–H and O–H groups in total. The molecule has 4 nitrogen and oxygen atoms in total. The molecule has 9 aromatic rings. The van der Waals surface area contributed by atoms with Crippen molar-refractivity contribution in [2.75, 3.05) is 0 Å². The third-order valence-electron chi connectivity index (χ3n) is 14.2. The Labute approximate surface area is 427 Å². The zero-order valence-electron chi connectivity index (χ0n) is 41.2. The molecule has 5 aromatic carbocycles. The smallest absolute Gasteiger partial charge is 0.144 e. The summed E-state index contributed by atoms with van der Waals surface area (Å²) >= 11 is 0. The summed E-state index contributed by atoms with van der Waals surface area (Å²) < 4.78 is 33.9. The summed E-state index contributed by atoms with van der Waals surface area (Å²) in [5.74, 6) is 1.96. The van der Waals surface area contributed by atoms with Crippen LogP contribution in [0.3, 0.4) is 0 Å². The van der Waals surface area contributed by atoms with Crippen LogP contribution in [-0.2, 0) is 32.9 Å². The van der Waals surface area contributed by atoms with E-state index in [9.17, 15) is 8.78 Å². The van der Waals surface area contributed by atoms with Gasteiger partial charge in [0.1, 0.15) is 22.8 Å². The molecule has 1 radical (unpaired) electrons. The molecular formula is C62H63F2IrN3OSi. The van der Waals surface area contributed by atoms with Crippen molar-refractivity contribution in [1.82, 2.24) is 15.0 Å². The van der Waals surface area contributed by atoms with E-state index in [1.807, 2.05) is 60.9 Å². The number of aromatic nitrogens is 3. The molecule has 2 bridgehead atoms. The minimum Gasteiger partial charge on any atom is -0.455 e. The third-order valence-corrected chi connectivity index (χ3v) is 16.3. The maximum Gasteiger partial charge on any atom is 0.144 e. The van der Waals surface area contributed by atoms with Gasteiger partial charge in [-0.3, -0.25) is 15.0 Å². The van der Waals surface area contributed by atoms with Crippen LogP contribution in [-0.4, -0.2) is 23.0 Å². The Morgan fingerprint density at radius 3 is 1.84 bits per heavy atom. The van der Waals surface area contributed by atoms with Gasteiger partial charge in [-0.1, -0.05) is 132 Å². The predicted octanol–water partition coefficient (Wildman–Crippen LogP) is 16.7. The SMILES string of the molecule is CC(C)c1cc(-c2ccccc2)ncc1[Si](C)(C)C.CCc1ccnc(-c2ccccc2)c1.Fc1cc(F)cc(-c2ccc3c(c2)oc2c(-c4cc(CC5CC6CCC5CC6)ccn4)cccc23)c1.[Ir]. The van der Waals surface area contributed by atoms with E-state index in [1.165, 1.54) is 77.2 Å². The molecule has 1 unspecified atom stereocenters. The molecule has 12 rings (SSSR count). The van der Waals surface area contributed by atoms with Gasteiger partial charge >= 0.3 is 0 Å². The number of nitrogens with zero attached hydrogens (tertiary/aromatic N) is 3. The Hall–Kier alpha value is -5.92. The first kappa shape index (κ1) is 50.5. The molecule has 8 heteroatoms. The summed E-state index contributed by atoms with van der Waals surface area (Å²) in [7, 11) is -1.33. The molecule has 3 fully saturated rings. The molecule has 1 atom stereocenters. The van der Waals surface area contributed by atoms with Gasteiger partial charge in [0.25, 0.3) is 0 Å². The van der Waals surface area contributed by atoms with Crippen LogP contribution in [0, 0.1) is 29.4 Å². The molecule has 0 amide bonds. The van der Waals surface area contributed by atoms with Crippen molar-refractivity contribution in [2.24, 2.45) is 17.8 Å². The molecular weight excluding hydrogens is 1060 g/mol. The van der Waals surface area contributed by atoms with Crippen LogP contribution in [0.5, 0.6) is 0 Å². The fraction of sp³-hybridized carbons (Fsp3) is 0.274. The predicted molar refractivity (Wildman–Crippen MR) is 285 cm³/mol. The zero-order valence-corrected chi connectivity index (χ0v) is 44.6. The van der Waals surface area contributed by atoms with Gasteiger partial charge in [-0.25, -0.2) is 8.78 Å². The van der Waals surface area contributed by atoms with Crippen LogP contribution in [0.1, 0.15) is 75.5 Å². The number of benzene rings is 5. The van der Waals surface area contributed by atoms with E-state index in [1.54, 1.807) is 0 Å². The minimum atomic E-state index is -1.33. The van der Waals surface area contributed by atoms with Crippen molar-refractivity contribution in [3.63, 3.8) is 0 Å². The summed E-state index contributed by atoms with van der Waals surface area (Å²) in [6.45, 7) is 13.9. The number of fused-ring (bicyclic) bond motifs is 6. The van der Waals surface area contributed by atoms with Gasteiger partial charge in [-0.15, -0.1) is 0 Å². The second-order valence-corrected chi connectivity index (χ2v) is 25.4. The maximum absolute atomic E-state index is 13.8. The van der Waals surface area contributed by atoms with Gasteiger partial charge in [-0.2, -0.15) is 0 Å². The number of para-hydroxylation sites is 1. The Morgan fingerprint density at radius 2 is 1.23 bits per heavy atom. The Balaban J connectivity index is 0.000000162. The molecule has 4 aromatic heterocycles. The molecule has 70 heavy (non-hydrogen) atoms. The van der Waals surface area contributed by atoms with E-state index < -0.39 is 19.7 Å². The van der Waals surface area contributed by atoms with Gasteiger partial charge in [0.2, 0.25) is 0 Å². The van der Waals surface area contributed by atoms with Crippen molar-refractivity contribution in [2.45, 2.75) is 91.3 Å². The summed E-state index contributed by atoms with van der Waals surface area (Å²) in [6.07, 6.45) is 15.1. The maximum atomic E-state index is 13.8. The van der Waals surface area contributed by atoms with Crippen molar-refractivity contribution >= 4 is 35.2 Å². The van der Waals surface area contributed by atoms with Crippen LogP contribution >= 0.6 is 0 Å². The number of furan rings is 1. The average Bonchev–Trinajstić information content (AvgIpc) is 3.75. The van der Waals surface area contributed by atoms with Crippen molar-refractivity contribution in [3.8, 4) is 44.9 Å². The molecule has 4 heterocycles. The minimum absolute atomic E-state index is 0. The number of pyridine rings is 3. The van der Waals surface area contributed by atoms with Gasteiger partial charge in [0.05, 0.1) is 25.2 Å². The Kier molecular flexibility index (Phi) is 16.2. The second-order valence-electron chi connectivity index (χ2n) is 20.4. The van der Waals surface area contributed by atoms with E-state index in [-0.39, 0.29) is 20.1 Å². The first-order valence-corrected chi connectivity index (χ1v) is 28.3. The normalized spacial score (nSPS) is 16.3. The van der Waals surface area contributed by atoms with Crippen LogP contribution in [0.2, 0.25) is 19.6 Å². The second kappa shape index (κ2) is 22.4. The largest absolute Gasteiger partial charge is 0.455 e. The number of aryl methyl sites for hydroxylation is 1. The van der Waals surface area contributed by atoms with E-state index in [4.69, 9.17) is 14.4 Å². The number of hydrogen-bond donors (Lipinski definition) is 0. The zero-order chi connectivity index (χ0) is 48.1. The quantitative estimate of drug-likeness (QED) is 0.135. The van der Waals surface area contributed by atoms with E-state index in [0.717, 1.165) is 75.7 Å². The molecule has 0 spiro atoms. The number of hydrogen-bond acceptors (Lipinski definition) is 4. The van der Waals surface area contributed by atoms with Gasteiger partial charge in [0.15, 0.2) is 0 Å². The third kappa shape index (κ3) is 11.8. The molecule has 0 saturated heterocycles. The van der Waals surface area contributed by atoms with Crippen LogP contribution in [0.25, 0.3) is 66.8 Å². The monoisotopic (exact) mass is 1120 g/mol. The van der Waals surface area contributed by atoms with E-state index >= 15 is 0 Å². The van der Waals surface area contributed by atoms with Crippen molar-refractivity contribution < 1.29 is 33.3 Å². The molecule has 359 valence electrons. The summed E-state index contributed by atoms with van der Waals surface area (Å²) in [4.78, 5) is 13.8. The fourth-order valence-corrected chi connectivity index (χ4v) is 12.2. The topological polar surface area (TPSA) is 51.8 Å². The van der Waals surface area contributed by atoms with Gasteiger partial charge < -0.3 is 4.42 Å². The number of halogens is 2. The molecule has 3 aliphatic carbocycles. The van der Waals surface area contributed by atoms with Crippen LogP contribution in [0.15, 0.2) is 169 Å². The van der Waals surface area contributed by atoms with Crippen LogP contribution < -0.4 is 5.19 Å². The van der Waals surface area contributed by atoms with Gasteiger partial charge in [0, 0.05) is 72.2 Å². The molecule has 3 aliphatic rings. The Bertz CT molecular complexity index is 3160. The first-order valence-electron chi connectivity index (χ1n) is 24.8. The summed E-state index contributed by atoms with van der Waals surface area (Å²) in [5.41, 5.74) is 13.2. The van der Waals surface area contributed by atoms with E-state index in [0.29, 0.717) is 22.6 Å². The number of rotatable bonds is 9. The average molecular weight is 1120 g/mol. The molecule has 3 saturated carbocycles. The van der Waals surface area contributed by atoms with Gasteiger partial charge in [-0.05, 0) is 149 Å². The fourth-order valence-electron chi connectivity index (χ4n) is 10.5. The summed E-state index contributed by atoms with van der Waals surface area (Å²) in [6, 6.07) is 47.0. The van der Waals surface area contributed by atoms with E-state index in [2.05, 4.69) is 130 Å². The summed E-state index contributed by atoms with van der Waals surface area (Å²) in [5, 5.41) is 3.47. The standard InChI is InChI=1S/C32H27F2NO.C17H23NSi.C13H13N.Ir/c33-25-15-24(16-26(34)18-25)22-8-9-27-28-2-1-3-29(32(28)36-31(27)17-22)30-14-20(10-11-35-30)13-23-12-19-4-6-21(23)7-5-19;1-13(2)15-11-16(14-9-7-6-8-10-14)18-12-17(15)19(3,4)5;1-2-11-8-9-14-13(10-11)12-6-4-3-5-7-12;/h1-3,8-11,14-19,21,23H,4-7,12-13H2;6-13H,1-5H3;3-10H,2H2,1H3;. The van der Waals surface area contributed by atoms with Crippen molar-refractivity contribution in [3.05, 3.63) is 193 Å². The van der Waals surface area contributed by atoms with Crippen LogP contribution in [0.4, 0.5) is 8.78 Å². The Morgan fingerprint density at radius 1 is 0.600 bits per heavy atom.